The van der Waals surface area contributed by atoms with Gasteiger partial charge < -0.3 is 14.7 Å². The molecule has 0 bridgehead atoms. The minimum Gasteiger partial charge on any atom is -0.303 e. The second kappa shape index (κ2) is 3.16. The van der Waals surface area contributed by atoms with E-state index in [1.807, 2.05) is 0 Å². The molecule has 0 aliphatic heterocycles. The SMILES string of the molecule is O=[32P](O)(O)O.[Na]. The van der Waals surface area contributed by atoms with E-state index < -0.39 is 7.82 Å². The molecule has 4 nitrogen and oxygen atoms in total. The Bertz CT molecular complexity index is 53.7. The van der Waals surface area contributed by atoms with Crippen LogP contribution in [-0.2, 0) is 4.57 Å². The van der Waals surface area contributed by atoms with Gasteiger partial charge in [0.15, 0.2) is 0 Å². The van der Waals surface area contributed by atoms with Crippen LogP contribution in [0, 0.1) is 0 Å². The Hall–Kier alpha value is 1.11. The smallest absolute Gasteiger partial charge is 0.303 e. The van der Waals surface area contributed by atoms with E-state index in [-0.39, 0.29) is 29.6 Å². The van der Waals surface area contributed by atoms with Crippen LogP contribution in [0.1, 0.15) is 0 Å². The Labute approximate surface area is 56.7 Å². The van der Waals surface area contributed by atoms with Crippen LogP contribution in [0.4, 0.5) is 0 Å². The van der Waals surface area contributed by atoms with Crippen molar-refractivity contribution in [3.8, 4) is 0 Å². The van der Waals surface area contributed by atoms with Crippen molar-refractivity contribution in [3.05, 3.63) is 0 Å². The maximum atomic E-state index is 8.88. The molecular weight excluding hydrogens is 119 g/mol. The van der Waals surface area contributed by atoms with E-state index in [1.165, 1.54) is 0 Å². The van der Waals surface area contributed by atoms with E-state index in [4.69, 9.17) is 19.2 Å². The summed E-state index contributed by atoms with van der Waals surface area (Å²) < 4.78 is 8.88. The average molecular weight is 122 g/mol. The fourth-order valence-corrected chi connectivity index (χ4v) is 0. The van der Waals surface area contributed by atoms with Gasteiger partial charge in [0.05, 0.1) is 0 Å². The Kier molecular flexibility index (Phi) is 5.35. The molecule has 0 rings (SSSR count). The van der Waals surface area contributed by atoms with Crippen LogP contribution in [0.15, 0.2) is 0 Å². The summed E-state index contributed by atoms with van der Waals surface area (Å²) in [5, 5.41) is 0. The van der Waals surface area contributed by atoms with Crippen LogP contribution in [-0.4, -0.2) is 44.2 Å². The van der Waals surface area contributed by atoms with Gasteiger partial charge >= 0.3 is 7.82 Å². The first kappa shape index (κ1) is 10.2. The van der Waals surface area contributed by atoms with Crippen molar-refractivity contribution < 1.29 is 19.2 Å². The number of hydrogen-bond donors (Lipinski definition) is 3. The number of phosphoric acid groups is 1. The second-order valence-electron chi connectivity index (χ2n) is 0.513. The summed E-state index contributed by atoms with van der Waals surface area (Å²) in [4.78, 5) is 21.6. The zero-order chi connectivity index (χ0) is 4.50. The molecule has 0 aliphatic rings. The summed E-state index contributed by atoms with van der Waals surface area (Å²) in [6.45, 7) is 0. The van der Waals surface area contributed by atoms with Crippen LogP contribution < -0.4 is 0 Å². The van der Waals surface area contributed by atoms with Gasteiger partial charge in [-0.1, -0.05) is 0 Å². The predicted octanol–water partition coefficient (Wildman–Crippen LogP) is -1.31. The van der Waals surface area contributed by atoms with E-state index in [2.05, 4.69) is 0 Å². The van der Waals surface area contributed by atoms with Crippen molar-refractivity contribution in [3.63, 3.8) is 0 Å². The Balaban J connectivity index is 0. The molecule has 0 saturated carbocycles. The molecule has 0 aromatic carbocycles. The van der Waals surface area contributed by atoms with Gasteiger partial charge in [-0.15, -0.1) is 0 Å². The maximum absolute atomic E-state index is 8.88. The zero-order valence-electron chi connectivity index (χ0n) is 3.20. The van der Waals surface area contributed by atoms with Crippen molar-refractivity contribution in [2.24, 2.45) is 0 Å². The molecule has 3 N–H and O–H groups in total. The van der Waals surface area contributed by atoms with Crippen molar-refractivity contribution in [2.75, 3.05) is 0 Å². The minimum atomic E-state index is -4.64. The standard InChI is InChI=1S/Na.H3O4P/c;1-5(2,3)4/h;(H3,1,2,3,4)/i;5+1. The van der Waals surface area contributed by atoms with Crippen LogP contribution >= 0.6 is 7.82 Å². The summed E-state index contributed by atoms with van der Waals surface area (Å²) in [7, 11) is -4.64. The maximum Gasteiger partial charge on any atom is 0.466 e. The number of rotatable bonds is 0. The molecule has 0 aromatic heterocycles. The molecule has 0 spiro atoms. The first-order valence-electron chi connectivity index (χ1n) is 0.783. The summed E-state index contributed by atoms with van der Waals surface area (Å²) in [6.07, 6.45) is 0. The van der Waals surface area contributed by atoms with Gasteiger partial charge in [0, 0.05) is 29.6 Å². The van der Waals surface area contributed by atoms with E-state index in [9.17, 15) is 0 Å². The van der Waals surface area contributed by atoms with Crippen molar-refractivity contribution in [1.29, 1.82) is 0 Å². The quantitative estimate of drug-likeness (QED) is 0.275. The molecule has 0 heterocycles. The van der Waals surface area contributed by atoms with E-state index in [1.54, 1.807) is 0 Å². The Morgan fingerprint density at radius 1 is 1.17 bits per heavy atom. The summed E-state index contributed by atoms with van der Waals surface area (Å²) in [5.74, 6) is 0. The molecule has 0 atom stereocenters. The molecule has 0 saturated heterocycles. The van der Waals surface area contributed by atoms with E-state index in [0.29, 0.717) is 0 Å². The van der Waals surface area contributed by atoms with E-state index in [0.717, 1.165) is 0 Å². The van der Waals surface area contributed by atoms with Gasteiger partial charge in [-0.3, -0.25) is 0 Å². The fourth-order valence-electron chi connectivity index (χ4n) is 0. The summed E-state index contributed by atoms with van der Waals surface area (Å²) >= 11 is 0. The van der Waals surface area contributed by atoms with Gasteiger partial charge in [0.25, 0.3) is 0 Å². The van der Waals surface area contributed by atoms with Gasteiger partial charge in [-0.05, 0) is 0 Å². The third-order valence-electron chi connectivity index (χ3n) is 0. The molecule has 0 fully saturated rings. The van der Waals surface area contributed by atoms with E-state index >= 15 is 0 Å². The molecule has 6 heavy (non-hydrogen) atoms. The second-order valence-corrected chi connectivity index (χ2v) is 1.54. The molecule has 0 amide bonds. The van der Waals surface area contributed by atoms with Crippen molar-refractivity contribution in [2.45, 2.75) is 0 Å². The first-order valence-corrected chi connectivity index (χ1v) is 2.35. The van der Waals surface area contributed by atoms with Crippen LogP contribution in [0.25, 0.3) is 0 Å². The summed E-state index contributed by atoms with van der Waals surface area (Å²) in [6, 6.07) is 0. The normalized spacial score (nSPS) is 9.83. The average Bonchev–Trinajstić information content (AvgIpc) is 0.722. The third-order valence-corrected chi connectivity index (χ3v) is 0. The summed E-state index contributed by atoms with van der Waals surface area (Å²) in [5.41, 5.74) is 0. The predicted molar refractivity (Wildman–Crippen MR) is 20.0 cm³/mol. The molecule has 0 aromatic rings. The molecule has 0 unspecified atom stereocenters. The van der Waals surface area contributed by atoms with Gasteiger partial charge in [0.1, 0.15) is 0 Å². The molecular formula is H3NaO4P. The molecule has 6 heteroatoms. The van der Waals surface area contributed by atoms with Crippen LogP contribution in [0.5, 0.6) is 0 Å². The van der Waals surface area contributed by atoms with Gasteiger partial charge in [0.2, 0.25) is 0 Å². The monoisotopic (exact) mass is 122 g/mol. The Morgan fingerprint density at radius 2 is 1.17 bits per heavy atom. The van der Waals surface area contributed by atoms with Gasteiger partial charge in [-0.25, -0.2) is 4.57 Å². The molecule has 33 valence electrons. The van der Waals surface area contributed by atoms with Crippen LogP contribution in [0.2, 0.25) is 0 Å². The number of hydrogen-bond acceptors (Lipinski definition) is 1. The zero-order valence-corrected chi connectivity index (χ0v) is 6.09. The molecule has 1 radical (unpaired) electrons. The Morgan fingerprint density at radius 3 is 1.17 bits per heavy atom. The van der Waals surface area contributed by atoms with Crippen LogP contribution in [0.3, 0.4) is 0 Å². The van der Waals surface area contributed by atoms with Crippen molar-refractivity contribution in [1.82, 2.24) is 0 Å². The molecule has 0 aliphatic carbocycles. The topological polar surface area (TPSA) is 77.8 Å². The largest absolute Gasteiger partial charge is 0.466 e. The fraction of sp³-hybridized carbons (Fsp3) is 0. The van der Waals surface area contributed by atoms with Crippen molar-refractivity contribution >= 4 is 37.4 Å². The van der Waals surface area contributed by atoms with Gasteiger partial charge in [-0.2, -0.15) is 0 Å². The third kappa shape index (κ3) is 70.1. The minimum absolute atomic E-state index is 0. The first-order chi connectivity index (χ1) is 2.00.